The number of nitrogens with one attached hydrogen (secondary N) is 1. The Bertz CT molecular complexity index is 616. The lowest BCUT2D eigenvalue weighted by Gasteiger charge is -2.09. The van der Waals surface area contributed by atoms with Crippen LogP contribution in [0.2, 0.25) is 5.02 Å². The van der Waals surface area contributed by atoms with Gasteiger partial charge in [-0.3, -0.25) is 0 Å². The standard InChI is InChI=1S/C14H18ClN3O2S/c1-18(2)14-17-13(20-4)12(21-14)8-16-9-5-6-10(15)11(7-9)19-3/h5-7,16H,8H2,1-4H3. The molecule has 2 rings (SSSR count). The lowest BCUT2D eigenvalue weighted by Crippen LogP contribution is -2.07. The van der Waals surface area contributed by atoms with Crippen molar-refractivity contribution in [2.24, 2.45) is 0 Å². The van der Waals surface area contributed by atoms with Gasteiger partial charge in [0.1, 0.15) is 5.75 Å². The smallest absolute Gasteiger partial charge is 0.231 e. The molecule has 0 bridgehead atoms. The molecule has 0 unspecified atom stereocenters. The van der Waals surface area contributed by atoms with Gasteiger partial charge in [0.2, 0.25) is 5.88 Å². The number of ether oxygens (including phenoxy) is 2. The van der Waals surface area contributed by atoms with E-state index in [9.17, 15) is 0 Å². The van der Waals surface area contributed by atoms with Gasteiger partial charge in [0, 0.05) is 25.8 Å². The largest absolute Gasteiger partial charge is 0.495 e. The molecule has 0 aliphatic carbocycles. The zero-order valence-corrected chi connectivity index (χ0v) is 14.0. The van der Waals surface area contributed by atoms with E-state index in [0.717, 1.165) is 15.7 Å². The van der Waals surface area contributed by atoms with Crippen LogP contribution in [-0.2, 0) is 6.54 Å². The number of hydrogen-bond acceptors (Lipinski definition) is 6. The molecule has 0 saturated heterocycles. The number of hydrogen-bond donors (Lipinski definition) is 1. The fourth-order valence-electron chi connectivity index (χ4n) is 1.74. The topological polar surface area (TPSA) is 46.6 Å². The summed E-state index contributed by atoms with van der Waals surface area (Å²) in [5.41, 5.74) is 0.929. The molecule has 7 heteroatoms. The third-order valence-electron chi connectivity index (χ3n) is 2.83. The van der Waals surface area contributed by atoms with Crippen molar-refractivity contribution in [3.63, 3.8) is 0 Å². The molecule has 5 nitrogen and oxygen atoms in total. The summed E-state index contributed by atoms with van der Waals surface area (Å²) in [4.78, 5) is 7.42. The maximum absolute atomic E-state index is 6.01. The van der Waals surface area contributed by atoms with Crippen LogP contribution in [0.3, 0.4) is 0 Å². The summed E-state index contributed by atoms with van der Waals surface area (Å²) in [5, 5.41) is 4.83. The Labute approximate surface area is 133 Å². The zero-order valence-electron chi connectivity index (χ0n) is 12.4. The van der Waals surface area contributed by atoms with Crippen LogP contribution in [0.15, 0.2) is 18.2 Å². The number of rotatable bonds is 6. The van der Waals surface area contributed by atoms with Crippen molar-refractivity contribution in [2.45, 2.75) is 6.54 Å². The molecule has 0 saturated carbocycles. The fourth-order valence-corrected chi connectivity index (χ4v) is 2.83. The number of halogens is 1. The normalized spacial score (nSPS) is 10.3. The molecule has 1 N–H and O–H groups in total. The van der Waals surface area contributed by atoms with E-state index in [4.69, 9.17) is 21.1 Å². The van der Waals surface area contributed by atoms with Crippen molar-refractivity contribution in [1.29, 1.82) is 0 Å². The Balaban J connectivity index is 2.12. The maximum Gasteiger partial charge on any atom is 0.231 e. The van der Waals surface area contributed by atoms with Crippen molar-refractivity contribution in [3.05, 3.63) is 28.1 Å². The average Bonchev–Trinajstić information content (AvgIpc) is 2.90. The Morgan fingerprint density at radius 1 is 1.29 bits per heavy atom. The van der Waals surface area contributed by atoms with E-state index >= 15 is 0 Å². The molecule has 1 heterocycles. The minimum atomic E-state index is 0.591. The first-order valence-electron chi connectivity index (χ1n) is 6.33. The lowest BCUT2D eigenvalue weighted by atomic mass is 10.3. The fraction of sp³-hybridized carbons (Fsp3) is 0.357. The highest BCUT2D eigenvalue weighted by Gasteiger charge is 2.13. The van der Waals surface area contributed by atoms with E-state index in [1.807, 2.05) is 31.1 Å². The lowest BCUT2D eigenvalue weighted by molar-refractivity contribution is 0.397. The number of methoxy groups -OCH3 is 2. The van der Waals surface area contributed by atoms with Crippen molar-refractivity contribution in [3.8, 4) is 11.6 Å². The second kappa shape index (κ2) is 6.87. The Morgan fingerprint density at radius 2 is 2.05 bits per heavy atom. The van der Waals surface area contributed by atoms with Gasteiger partial charge in [0.15, 0.2) is 5.13 Å². The number of thiazole rings is 1. The molecule has 0 spiro atoms. The Morgan fingerprint density at radius 3 is 2.67 bits per heavy atom. The quantitative estimate of drug-likeness (QED) is 0.880. The highest BCUT2D eigenvalue weighted by molar-refractivity contribution is 7.15. The maximum atomic E-state index is 6.01. The van der Waals surface area contributed by atoms with Gasteiger partial charge in [-0.1, -0.05) is 22.9 Å². The van der Waals surface area contributed by atoms with Gasteiger partial charge in [0.05, 0.1) is 30.7 Å². The molecule has 2 aromatic rings. The number of anilines is 2. The molecule has 0 aliphatic rings. The van der Waals surface area contributed by atoms with Crippen LogP contribution in [0, 0.1) is 0 Å². The van der Waals surface area contributed by atoms with Crippen molar-refractivity contribution >= 4 is 33.8 Å². The first-order valence-corrected chi connectivity index (χ1v) is 7.53. The summed E-state index contributed by atoms with van der Waals surface area (Å²) in [6, 6.07) is 5.58. The highest BCUT2D eigenvalue weighted by Crippen LogP contribution is 2.32. The number of aromatic nitrogens is 1. The van der Waals surface area contributed by atoms with Gasteiger partial charge in [-0.05, 0) is 12.1 Å². The van der Waals surface area contributed by atoms with Crippen LogP contribution in [0.5, 0.6) is 11.6 Å². The molecular formula is C14H18ClN3O2S. The molecule has 0 aliphatic heterocycles. The van der Waals surface area contributed by atoms with Gasteiger partial charge in [-0.2, -0.15) is 4.98 Å². The van der Waals surface area contributed by atoms with E-state index in [1.54, 1.807) is 31.6 Å². The van der Waals surface area contributed by atoms with Gasteiger partial charge in [0.25, 0.3) is 0 Å². The van der Waals surface area contributed by atoms with Crippen LogP contribution in [0.1, 0.15) is 4.88 Å². The predicted octanol–water partition coefficient (Wildman–Crippen LogP) is 3.49. The third kappa shape index (κ3) is 3.71. The molecule has 1 aromatic carbocycles. The van der Waals surface area contributed by atoms with Gasteiger partial charge >= 0.3 is 0 Å². The van der Waals surface area contributed by atoms with Crippen molar-refractivity contribution in [2.75, 3.05) is 38.5 Å². The van der Waals surface area contributed by atoms with Gasteiger partial charge in [-0.25, -0.2) is 0 Å². The van der Waals surface area contributed by atoms with Gasteiger partial charge < -0.3 is 19.7 Å². The molecule has 0 radical (unpaired) electrons. The Kier molecular flexibility index (Phi) is 5.14. The van der Waals surface area contributed by atoms with Gasteiger partial charge in [-0.15, -0.1) is 0 Å². The first kappa shape index (κ1) is 15.7. The summed E-state index contributed by atoms with van der Waals surface area (Å²) in [5.74, 6) is 1.30. The Hall–Kier alpha value is -1.66. The first-order chi connectivity index (χ1) is 10.0. The second-order valence-electron chi connectivity index (χ2n) is 4.53. The summed E-state index contributed by atoms with van der Waals surface area (Å²) in [6.07, 6.45) is 0. The predicted molar refractivity (Wildman–Crippen MR) is 88.3 cm³/mol. The van der Waals surface area contributed by atoms with E-state index in [1.165, 1.54) is 0 Å². The molecule has 0 fully saturated rings. The van der Waals surface area contributed by atoms with Crippen molar-refractivity contribution in [1.82, 2.24) is 4.98 Å². The van der Waals surface area contributed by atoms with E-state index < -0.39 is 0 Å². The molecule has 114 valence electrons. The number of nitrogens with zero attached hydrogens (tertiary/aromatic N) is 2. The number of benzene rings is 1. The van der Waals surface area contributed by atoms with E-state index in [0.29, 0.717) is 23.2 Å². The van der Waals surface area contributed by atoms with Crippen LogP contribution in [-0.4, -0.2) is 33.3 Å². The molecule has 0 atom stereocenters. The van der Waals surface area contributed by atoms with Crippen LogP contribution in [0.4, 0.5) is 10.8 Å². The van der Waals surface area contributed by atoms with Crippen molar-refractivity contribution < 1.29 is 9.47 Å². The van der Waals surface area contributed by atoms with Crippen LogP contribution in [0.25, 0.3) is 0 Å². The summed E-state index contributed by atoms with van der Waals surface area (Å²) < 4.78 is 10.5. The van der Waals surface area contributed by atoms with Crippen LogP contribution < -0.4 is 19.7 Å². The second-order valence-corrected chi connectivity index (χ2v) is 6.00. The van der Waals surface area contributed by atoms with E-state index in [-0.39, 0.29) is 0 Å². The SMILES string of the molecule is COc1cc(NCc2sc(N(C)C)nc2OC)ccc1Cl. The third-order valence-corrected chi connectivity index (χ3v) is 4.35. The molecule has 21 heavy (non-hydrogen) atoms. The minimum absolute atomic E-state index is 0.591. The van der Waals surface area contributed by atoms with Crippen LogP contribution >= 0.6 is 22.9 Å². The molecule has 0 amide bonds. The average molecular weight is 328 g/mol. The minimum Gasteiger partial charge on any atom is -0.495 e. The zero-order chi connectivity index (χ0) is 15.4. The monoisotopic (exact) mass is 327 g/mol. The summed E-state index contributed by atoms with van der Waals surface area (Å²) in [7, 11) is 7.14. The molecule has 1 aromatic heterocycles. The highest BCUT2D eigenvalue weighted by atomic mass is 35.5. The molecular weight excluding hydrogens is 310 g/mol. The summed E-state index contributed by atoms with van der Waals surface area (Å²) >= 11 is 7.61. The van der Waals surface area contributed by atoms with E-state index in [2.05, 4.69) is 10.3 Å². The summed E-state index contributed by atoms with van der Waals surface area (Å²) in [6.45, 7) is 0.624.